The molecular weight excluding hydrogens is 328 g/mol. The number of anilines is 1. The van der Waals surface area contributed by atoms with Gasteiger partial charge in [0.2, 0.25) is 5.95 Å². The van der Waals surface area contributed by atoms with Crippen LogP contribution in [0.4, 0.5) is 5.95 Å². The van der Waals surface area contributed by atoms with E-state index in [0.29, 0.717) is 23.8 Å². The summed E-state index contributed by atoms with van der Waals surface area (Å²) in [5.41, 5.74) is 9.11. The van der Waals surface area contributed by atoms with Crippen molar-refractivity contribution >= 4 is 11.9 Å². The zero-order valence-corrected chi connectivity index (χ0v) is 15.7. The summed E-state index contributed by atoms with van der Waals surface area (Å²) in [4.78, 5) is 25.0. The molecule has 1 aliphatic rings. The maximum atomic E-state index is 12.8. The van der Waals surface area contributed by atoms with Gasteiger partial charge in [-0.25, -0.2) is 15.4 Å². The van der Waals surface area contributed by atoms with Gasteiger partial charge in [-0.1, -0.05) is 30.3 Å². The zero-order valence-electron chi connectivity index (χ0n) is 15.7. The molecule has 138 valence electrons. The Hall–Kier alpha value is -2.51. The molecule has 1 aromatic heterocycles. The summed E-state index contributed by atoms with van der Waals surface area (Å²) in [6.07, 6.45) is 2.54. The Morgan fingerprint density at radius 1 is 1.19 bits per heavy atom. The number of aryl methyl sites for hydroxylation is 1. The molecule has 1 amide bonds. The van der Waals surface area contributed by atoms with Crippen molar-refractivity contribution in [3.8, 4) is 0 Å². The number of nitrogens with zero attached hydrogens (tertiary/aromatic N) is 4. The Kier molecular flexibility index (Phi) is 5.49. The molecule has 1 fully saturated rings. The quantitative estimate of drug-likeness (QED) is 0.848. The lowest BCUT2D eigenvalue weighted by molar-refractivity contribution is 0.0781. The highest BCUT2D eigenvalue weighted by atomic mass is 16.2. The van der Waals surface area contributed by atoms with Crippen LogP contribution in [0.15, 0.2) is 36.5 Å². The van der Waals surface area contributed by atoms with Gasteiger partial charge >= 0.3 is 0 Å². The van der Waals surface area contributed by atoms with E-state index < -0.39 is 0 Å². The van der Waals surface area contributed by atoms with Crippen molar-refractivity contribution in [2.45, 2.75) is 25.4 Å². The Balaban J connectivity index is 1.61. The van der Waals surface area contributed by atoms with Crippen LogP contribution in [0.5, 0.6) is 0 Å². The maximum Gasteiger partial charge on any atom is 0.257 e. The monoisotopic (exact) mass is 354 g/mol. The van der Waals surface area contributed by atoms with Crippen molar-refractivity contribution in [3.05, 3.63) is 53.3 Å². The molecule has 0 radical (unpaired) electrons. The molecule has 2 aromatic rings. The molecule has 2 N–H and O–H groups in total. The number of nitrogens with one attached hydrogen (secondary N) is 2. The van der Waals surface area contributed by atoms with E-state index >= 15 is 0 Å². The van der Waals surface area contributed by atoms with Crippen LogP contribution in [0.2, 0.25) is 0 Å². The molecule has 0 spiro atoms. The second kappa shape index (κ2) is 7.80. The smallest absolute Gasteiger partial charge is 0.257 e. The number of hydrogen-bond donors (Lipinski definition) is 2. The SMILES string of the molecule is Cc1nc(N(C)C)ncc1C(=O)N(C)CC1CC(c2ccccc2)NN1. The molecule has 2 atom stereocenters. The molecule has 1 saturated heterocycles. The Morgan fingerprint density at radius 3 is 2.58 bits per heavy atom. The highest BCUT2D eigenvalue weighted by Gasteiger charge is 2.27. The van der Waals surface area contributed by atoms with Gasteiger partial charge in [-0.15, -0.1) is 0 Å². The number of benzene rings is 1. The van der Waals surface area contributed by atoms with Gasteiger partial charge in [0.25, 0.3) is 5.91 Å². The van der Waals surface area contributed by atoms with Gasteiger partial charge in [0.1, 0.15) is 0 Å². The minimum absolute atomic E-state index is 0.0576. The highest BCUT2D eigenvalue weighted by molar-refractivity contribution is 5.94. The van der Waals surface area contributed by atoms with Crippen LogP contribution in [0.25, 0.3) is 0 Å². The van der Waals surface area contributed by atoms with E-state index in [1.807, 2.05) is 51.2 Å². The Bertz CT molecular complexity index is 764. The molecule has 0 bridgehead atoms. The van der Waals surface area contributed by atoms with Crippen LogP contribution in [0.3, 0.4) is 0 Å². The summed E-state index contributed by atoms with van der Waals surface area (Å²) in [6, 6.07) is 10.8. The van der Waals surface area contributed by atoms with E-state index in [4.69, 9.17) is 0 Å². The van der Waals surface area contributed by atoms with E-state index in [1.54, 1.807) is 11.1 Å². The third-order valence-corrected chi connectivity index (χ3v) is 4.62. The Morgan fingerprint density at radius 2 is 1.92 bits per heavy atom. The predicted octanol–water partition coefficient (Wildman–Crippen LogP) is 1.53. The third-order valence-electron chi connectivity index (χ3n) is 4.62. The van der Waals surface area contributed by atoms with Crippen molar-refractivity contribution in [2.24, 2.45) is 0 Å². The molecular formula is C19H26N6O. The number of hydrogen-bond acceptors (Lipinski definition) is 6. The van der Waals surface area contributed by atoms with Crippen molar-refractivity contribution in [1.82, 2.24) is 25.7 Å². The largest absolute Gasteiger partial charge is 0.347 e. The predicted molar refractivity (Wildman–Crippen MR) is 102 cm³/mol. The molecule has 3 rings (SSSR count). The summed E-state index contributed by atoms with van der Waals surface area (Å²) >= 11 is 0. The topological polar surface area (TPSA) is 73.4 Å². The van der Waals surface area contributed by atoms with E-state index in [0.717, 1.165) is 6.42 Å². The molecule has 0 aliphatic carbocycles. The zero-order chi connectivity index (χ0) is 18.7. The van der Waals surface area contributed by atoms with Crippen LogP contribution in [0.1, 0.15) is 34.1 Å². The molecule has 1 aliphatic heterocycles. The van der Waals surface area contributed by atoms with Gasteiger partial charge in [0, 0.05) is 46.0 Å². The third kappa shape index (κ3) is 4.00. The van der Waals surface area contributed by atoms with E-state index in [9.17, 15) is 4.79 Å². The summed E-state index contributed by atoms with van der Waals surface area (Å²) in [5.74, 6) is 0.548. The molecule has 1 aromatic carbocycles. The molecule has 2 heterocycles. The van der Waals surface area contributed by atoms with E-state index in [1.165, 1.54) is 5.56 Å². The van der Waals surface area contributed by atoms with Crippen molar-refractivity contribution < 1.29 is 4.79 Å². The Labute approximate surface area is 154 Å². The minimum atomic E-state index is -0.0576. The fourth-order valence-electron chi connectivity index (χ4n) is 3.15. The number of hydrazine groups is 1. The normalized spacial score (nSPS) is 19.4. The fraction of sp³-hybridized carbons (Fsp3) is 0.421. The first-order valence-corrected chi connectivity index (χ1v) is 8.78. The van der Waals surface area contributed by atoms with Crippen LogP contribution in [-0.2, 0) is 0 Å². The minimum Gasteiger partial charge on any atom is -0.347 e. The molecule has 2 unspecified atom stereocenters. The fourth-order valence-corrected chi connectivity index (χ4v) is 3.15. The summed E-state index contributed by atoms with van der Waals surface area (Å²) < 4.78 is 0. The number of carbonyl (C=O) groups is 1. The number of aromatic nitrogens is 2. The molecule has 7 heteroatoms. The molecule has 26 heavy (non-hydrogen) atoms. The lowest BCUT2D eigenvalue weighted by Gasteiger charge is -2.22. The first-order chi connectivity index (χ1) is 12.5. The first-order valence-electron chi connectivity index (χ1n) is 8.78. The van der Waals surface area contributed by atoms with Gasteiger partial charge < -0.3 is 9.80 Å². The lowest BCUT2D eigenvalue weighted by atomic mass is 10.0. The van der Waals surface area contributed by atoms with Crippen LogP contribution < -0.4 is 15.8 Å². The maximum absolute atomic E-state index is 12.8. The number of carbonyl (C=O) groups excluding carboxylic acids is 1. The van der Waals surface area contributed by atoms with Crippen LogP contribution in [-0.4, -0.2) is 54.5 Å². The highest BCUT2D eigenvalue weighted by Crippen LogP contribution is 2.22. The van der Waals surface area contributed by atoms with Gasteiger partial charge in [-0.3, -0.25) is 10.2 Å². The van der Waals surface area contributed by atoms with Crippen LogP contribution >= 0.6 is 0 Å². The van der Waals surface area contributed by atoms with Crippen molar-refractivity contribution in [2.75, 3.05) is 32.6 Å². The second-order valence-corrected chi connectivity index (χ2v) is 6.93. The summed E-state index contributed by atoms with van der Waals surface area (Å²) in [6.45, 7) is 2.46. The van der Waals surface area contributed by atoms with Crippen molar-refractivity contribution in [1.29, 1.82) is 0 Å². The van der Waals surface area contributed by atoms with Gasteiger partial charge in [-0.05, 0) is 18.9 Å². The second-order valence-electron chi connectivity index (χ2n) is 6.93. The standard InChI is InChI=1S/C19H26N6O/c1-13-16(11-20-19(21-13)24(2)3)18(26)25(4)12-15-10-17(23-22-15)14-8-6-5-7-9-14/h5-9,11,15,17,22-23H,10,12H2,1-4H3. The number of rotatable bonds is 5. The average molecular weight is 354 g/mol. The van der Waals surface area contributed by atoms with E-state index in [-0.39, 0.29) is 18.0 Å². The first kappa shape index (κ1) is 18.3. The number of amides is 1. The van der Waals surface area contributed by atoms with Crippen molar-refractivity contribution in [3.63, 3.8) is 0 Å². The van der Waals surface area contributed by atoms with E-state index in [2.05, 4.69) is 33.0 Å². The summed E-state index contributed by atoms with van der Waals surface area (Å²) in [5, 5.41) is 0. The number of likely N-dealkylation sites (N-methyl/N-ethyl adjacent to an activating group) is 1. The van der Waals surface area contributed by atoms with Gasteiger partial charge in [0.15, 0.2) is 0 Å². The summed E-state index contributed by atoms with van der Waals surface area (Å²) in [7, 11) is 5.58. The average Bonchev–Trinajstić information content (AvgIpc) is 3.10. The van der Waals surface area contributed by atoms with Gasteiger partial charge in [-0.2, -0.15) is 0 Å². The lowest BCUT2D eigenvalue weighted by Crippen LogP contribution is -2.41. The van der Waals surface area contributed by atoms with Gasteiger partial charge in [0.05, 0.1) is 11.3 Å². The van der Waals surface area contributed by atoms with Crippen LogP contribution in [0, 0.1) is 6.92 Å². The molecule has 7 nitrogen and oxygen atoms in total. The molecule has 0 saturated carbocycles.